The highest BCUT2D eigenvalue weighted by Gasteiger charge is 2.10. The standard InChI is InChI=1S/C24H25N3O4/c1-4-30-23-15-18(9-11-21(28)20-13-14-27(3)26-20)10-12-22(23)31-16-24(29)25-19-8-6-5-7-17(19)2/h5-15H,4,16H2,1-3H3,(H,25,29)/b11-9+. The van der Waals surface area contributed by atoms with Crippen LogP contribution in [-0.2, 0) is 11.8 Å². The summed E-state index contributed by atoms with van der Waals surface area (Å²) >= 11 is 0. The first kappa shape index (κ1) is 21.8. The minimum absolute atomic E-state index is 0.151. The van der Waals surface area contributed by atoms with Crippen molar-refractivity contribution in [2.75, 3.05) is 18.5 Å². The number of carbonyl (C=O) groups is 2. The van der Waals surface area contributed by atoms with E-state index in [0.717, 1.165) is 16.8 Å². The molecule has 0 radical (unpaired) electrons. The summed E-state index contributed by atoms with van der Waals surface area (Å²) in [4.78, 5) is 24.5. The molecule has 0 saturated heterocycles. The van der Waals surface area contributed by atoms with E-state index in [0.29, 0.717) is 23.8 Å². The second-order valence-corrected chi connectivity index (χ2v) is 6.86. The SMILES string of the molecule is CCOc1cc(/C=C/C(=O)c2ccn(C)n2)ccc1OCC(=O)Nc1ccccc1C. The van der Waals surface area contributed by atoms with E-state index in [2.05, 4.69) is 10.4 Å². The number of aromatic nitrogens is 2. The number of benzene rings is 2. The minimum atomic E-state index is -0.262. The third-order valence-electron chi connectivity index (χ3n) is 4.44. The summed E-state index contributed by atoms with van der Waals surface area (Å²) in [7, 11) is 1.76. The Morgan fingerprint density at radius 3 is 2.61 bits per heavy atom. The molecule has 1 N–H and O–H groups in total. The van der Waals surface area contributed by atoms with Crippen LogP contribution in [0.1, 0.15) is 28.5 Å². The first-order valence-electron chi connectivity index (χ1n) is 9.93. The number of hydrogen-bond donors (Lipinski definition) is 1. The molecule has 0 saturated carbocycles. The van der Waals surface area contributed by atoms with Gasteiger partial charge in [-0.15, -0.1) is 0 Å². The van der Waals surface area contributed by atoms with Crippen molar-refractivity contribution in [3.63, 3.8) is 0 Å². The number of aryl methyl sites for hydroxylation is 2. The predicted molar refractivity (Wildman–Crippen MR) is 119 cm³/mol. The number of para-hydroxylation sites is 1. The zero-order valence-electron chi connectivity index (χ0n) is 17.8. The van der Waals surface area contributed by atoms with Crippen molar-refractivity contribution in [2.45, 2.75) is 13.8 Å². The number of carbonyl (C=O) groups excluding carboxylic acids is 2. The molecule has 0 unspecified atom stereocenters. The van der Waals surface area contributed by atoms with Gasteiger partial charge in [0.25, 0.3) is 5.91 Å². The van der Waals surface area contributed by atoms with Gasteiger partial charge in [-0.1, -0.05) is 30.3 Å². The molecule has 1 heterocycles. The monoisotopic (exact) mass is 419 g/mol. The van der Waals surface area contributed by atoms with Gasteiger partial charge >= 0.3 is 0 Å². The molecular weight excluding hydrogens is 394 g/mol. The molecule has 1 amide bonds. The van der Waals surface area contributed by atoms with Crippen molar-refractivity contribution < 1.29 is 19.1 Å². The Kier molecular flexibility index (Phi) is 7.22. The molecule has 160 valence electrons. The number of nitrogens with one attached hydrogen (secondary N) is 1. The van der Waals surface area contributed by atoms with E-state index in [4.69, 9.17) is 9.47 Å². The van der Waals surface area contributed by atoms with Crippen LogP contribution in [0, 0.1) is 6.92 Å². The Balaban J connectivity index is 1.65. The number of amides is 1. The molecular formula is C24H25N3O4. The van der Waals surface area contributed by atoms with Crippen LogP contribution >= 0.6 is 0 Å². The summed E-state index contributed by atoms with van der Waals surface area (Å²) in [5, 5.41) is 6.93. The van der Waals surface area contributed by atoms with Crippen molar-refractivity contribution in [1.29, 1.82) is 0 Å². The van der Waals surface area contributed by atoms with Crippen molar-refractivity contribution >= 4 is 23.5 Å². The second-order valence-electron chi connectivity index (χ2n) is 6.86. The molecule has 0 aliphatic carbocycles. The highest BCUT2D eigenvalue weighted by atomic mass is 16.5. The molecule has 31 heavy (non-hydrogen) atoms. The number of ether oxygens (including phenoxy) is 2. The molecule has 3 rings (SSSR count). The third-order valence-corrected chi connectivity index (χ3v) is 4.44. The maximum absolute atomic E-state index is 12.3. The normalized spacial score (nSPS) is 10.8. The molecule has 0 atom stereocenters. The van der Waals surface area contributed by atoms with E-state index in [1.54, 1.807) is 48.3 Å². The number of ketones is 1. The summed E-state index contributed by atoms with van der Waals surface area (Å²) in [5.41, 5.74) is 2.87. The van der Waals surface area contributed by atoms with Crippen LogP contribution in [0.15, 0.2) is 60.8 Å². The predicted octanol–water partition coefficient (Wildman–Crippen LogP) is 4.04. The third kappa shape index (κ3) is 6.05. The Morgan fingerprint density at radius 1 is 1.10 bits per heavy atom. The lowest BCUT2D eigenvalue weighted by Crippen LogP contribution is -2.20. The number of allylic oxidation sites excluding steroid dienone is 1. The first-order valence-corrected chi connectivity index (χ1v) is 9.93. The van der Waals surface area contributed by atoms with Crippen LogP contribution in [0.25, 0.3) is 6.08 Å². The van der Waals surface area contributed by atoms with Gasteiger partial charge in [-0.05, 0) is 55.3 Å². The molecule has 7 nitrogen and oxygen atoms in total. The highest BCUT2D eigenvalue weighted by molar-refractivity contribution is 6.05. The van der Waals surface area contributed by atoms with E-state index < -0.39 is 0 Å². The lowest BCUT2D eigenvalue weighted by Gasteiger charge is -2.13. The smallest absolute Gasteiger partial charge is 0.262 e. The van der Waals surface area contributed by atoms with Gasteiger partial charge in [-0.3, -0.25) is 14.3 Å². The fourth-order valence-electron chi connectivity index (χ4n) is 2.86. The largest absolute Gasteiger partial charge is 0.490 e. The van der Waals surface area contributed by atoms with Gasteiger partial charge in [-0.25, -0.2) is 0 Å². The van der Waals surface area contributed by atoms with E-state index in [9.17, 15) is 9.59 Å². The summed E-state index contributed by atoms with van der Waals surface area (Å²) < 4.78 is 12.9. The van der Waals surface area contributed by atoms with Gasteiger partial charge in [0, 0.05) is 18.9 Å². The van der Waals surface area contributed by atoms with Crippen LogP contribution in [-0.4, -0.2) is 34.7 Å². The van der Waals surface area contributed by atoms with Gasteiger partial charge in [0.2, 0.25) is 5.78 Å². The van der Waals surface area contributed by atoms with E-state index in [-0.39, 0.29) is 18.3 Å². The lowest BCUT2D eigenvalue weighted by molar-refractivity contribution is -0.118. The van der Waals surface area contributed by atoms with Crippen LogP contribution in [0.5, 0.6) is 11.5 Å². The summed E-state index contributed by atoms with van der Waals surface area (Å²) in [5.74, 6) is 0.502. The highest BCUT2D eigenvalue weighted by Crippen LogP contribution is 2.29. The van der Waals surface area contributed by atoms with Gasteiger partial charge in [0.05, 0.1) is 6.61 Å². The first-order chi connectivity index (χ1) is 15.0. The average Bonchev–Trinajstić information content (AvgIpc) is 3.19. The van der Waals surface area contributed by atoms with Crippen molar-refractivity contribution in [3.05, 3.63) is 77.6 Å². The van der Waals surface area contributed by atoms with Crippen LogP contribution < -0.4 is 14.8 Å². The van der Waals surface area contributed by atoms with Crippen molar-refractivity contribution in [3.8, 4) is 11.5 Å². The molecule has 0 aliphatic rings. The molecule has 0 aliphatic heterocycles. The quantitative estimate of drug-likeness (QED) is 0.418. The molecule has 0 spiro atoms. The molecule has 1 aromatic heterocycles. The maximum Gasteiger partial charge on any atom is 0.262 e. The fourth-order valence-corrected chi connectivity index (χ4v) is 2.86. The topological polar surface area (TPSA) is 82.5 Å². The Bertz CT molecular complexity index is 1100. The van der Waals surface area contributed by atoms with E-state index >= 15 is 0 Å². The van der Waals surface area contributed by atoms with Crippen molar-refractivity contribution in [1.82, 2.24) is 9.78 Å². The lowest BCUT2D eigenvalue weighted by atomic mass is 10.1. The van der Waals surface area contributed by atoms with Crippen LogP contribution in [0.2, 0.25) is 0 Å². The molecule has 7 heteroatoms. The van der Waals surface area contributed by atoms with Crippen molar-refractivity contribution in [2.24, 2.45) is 7.05 Å². The number of hydrogen-bond acceptors (Lipinski definition) is 5. The maximum atomic E-state index is 12.3. The van der Waals surface area contributed by atoms with Gasteiger partial charge in [0.1, 0.15) is 5.69 Å². The molecule has 0 fully saturated rings. The Morgan fingerprint density at radius 2 is 1.90 bits per heavy atom. The zero-order chi connectivity index (χ0) is 22.2. The number of nitrogens with zero attached hydrogens (tertiary/aromatic N) is 2. The minimum Gasteiger partial charge on any atom is -0.490 e. The number of anilines is 1. The van der Waals surface area contributed by atoms with Crippen LogP contribution in [0.4, 0.5) is 5.69 Å². The molecule has 0 bridgehead atoms. The molecule has 2 aromatic carbocycles. The van der Waals surface area contributed by atoms with Crippen LogP contribution in [0.3, 0.4) is 0 Å². The second kappa shape index (κ2) is 10.2. The summed E-state index contributed by atoms with van der Waals surface area (Å²) in [6, 6.07) is 14.5. The number of rotatable bonds is 9. The summed E-state index contributed by atoms with van der Waals surface area (Å²) in [6.45, 7) is 4.07. The Hall–Kier alpha value is -3.87. The van der Waals surface area contributed by atoms with Gasteiger partial charge < -0.3 is 14.8 Å². The van der Waals surface area contributed by atoms with Gasteiger partial charge in [-0.2, -0.15) is 5.10 Å². The van der Waals surface area contributed by atoms with E-state index in [1.165, 1.54) is 6.08 Å². The molecule has 3 aromatic rings. The summed E-state index contributed by atoms with van der Waals surface area (Å²) in [6.07, 6.45) is 4.87. The Labute approximate surface area is 181 Å². The van der Waals surface area contributed by atoms with Gasteiger partial charge in [0.15, 0.2) is 18.1 Å². The average molecular weight is 419 g/mol. The fraction of sp³-hybridized carbons (Fsp3) is 0.208. The zero-order valence-corrected chi connectivity index (χ0v) is 17.8. The van der Waals surface area contributed by atoms with E-state index in [1.807, 2.05) is 38.1 Å².